The van der Waals surface area contributed by atoms with Crippen LogP contribution in [0.5, 0.6) is 0 Å². The zero-order valence-corrected chi connectivity index (χ0v) is 18.1. The predicted molar refractivity (Wildman–Crippen MR) is 114 cm³/mol. The van der Waals surface area contributed by atoms with Crippen molar-refractivity contribution in [2.24, 2.45) is 0 Å². The lowest BCUT2D eigenvalue weighted by molar-refractivity contribution is 0.102. The molecule has 1 heterocycles. The summed E-state index contributed by atoms with van der Waals surface area (Å²) in [6.45, 7) is 3.86. The summed E-state index contributed by atoms with van der Waals surface area (Å²) in [6.07, 6.45) is 0.567. The highest BCUT2D eigenvalue weighted by atomic mass is 35.5. The molecule has 3 rings (SSSR count). The van der Waals surface area contributed by atoms with Gasteiger partial charge in [0.05, 0.1) is 10.6 Å². The minimum Gasteiger partial charge on any atom is -0.296 e. The number of aromatic nitrogens is 2. The molecule has 0 saturated carbocycles. The van der Waals surface area contributed by atoms with E-state index >= 15 is 0 Å². The Balaban J connectivity index is 1.75. The highest BCUT2D eigenvalue weighted by molar-refractivity contribution is 7.91. The first-order valence-electron chi connectivity index (χ1n) is 8.78. The van der Waals surface area contributed by atoms with Gasteiger partial charge in [-0.3, -0.25) is 10.1 Å². The Bertz CT molecular complexity index is 1110. The zero-order chi connectivity index (χ0) is 21.0. The lowest BCUT2D eigenvalue weighted by Crippen LogP contribution is -2.28. The molecule has 0 unspecified atom stereocenters. The topological polar surface area (TPSA) is 101 Å². The molecule has 10 heteroatoms. The molecular formula is C19H19ClN4O3S2. The van der Waals surface area contributed by atoms with Crippen molar-refractivity contribution in [3.8, 4) is 0 Å². The van der Waals surface area contributed by atoms with E-state index in [1.54, 1.807) is 24.3 Å². The molecular weight excluding hydrogens is 432 g/mol. The molecule has 1 amide bonds. The first-order chi connectivity index (χ1) is 13.8. The van der Waals surface area contributed by atoms with E-state index < -0.39 is 22.0 Å². The molecule has 0 fully saturated rings. The van der Waals surface area contributed by atoms with Crippen molar-refractivity contribution in [2.45, 2.75) is 30.6 Å². The van der Waals surface area contributed by atoms with E-state index in [0.717, 1.165) is 22.5 Å². The highest BCUT2D eigenvalue weighted by Crippen LogP contribution is 2.25. The molecule has 3 aromatic rings. The molecule has 0 aliphatic rings. The van der Waals surface area contributed by atoms with Gasteiger partial charge in [0, 0.05) is 6.04 Å². The number of carbonyl (C=O) groups excluding carboxylic acids is 1. The number of hydrogen-bond acceptors (Lipinski definition) is 6. The highest BCUT2D eigenvalue weighted by Gasteiger charge is 2.25. The average Bonchev–Trinajstić information content (AvgIpc) is 3.16. The summed E-state index contributed by atoms with van der Waals surface area (Å²) in [4.78, 5) is 12.3. The number of halogens is 1. The SMILES string of the molecule is CC[C@@H](NS(=O)(=O)c1nnc(NC(=O)c2ccccc2Cl)s1)c1ccc(C)cc1. The van der Waals surface area contributed by atoms with Gasteiger partial charge in [-0.05, 0) is 31.0 Å². The van der Waals surface area contributed by atoms with Gasteiger partial charge in [-0.25, -0.2) is 13.1 Å². The van der Waals surface area contributed by atoms with Crippen LogP contribution in [-0.4, -0.2) is 24.5 Å². The van der Waals surface area contributed by atoms with Crippen molar-refractivity contribution in [3.63, 3.8) is 0 Å². The van der Waals surface area contributed by atoms with Gasteiger partial charge < -0.3 is 0 Å². The van der Waals surface area contributed by atoms with Crippen molar-refractivity contribution in [1.82, 2.24) is 14.9 Å². The fraction of sp³-hybridized carbons (Fsp3) is 0.211. The normalized spacial score (nSPS) is 12.5. The van der Waals surface area contributed by atoms with Crippen LogP contribution < -0.4 is 10.0 Å². The zero-order valence-electron chi connectivity index (χ0n) is 15.7. The molecule has 0 spiro atoms. The van der Waals surface area contributed by atoms with Gasteiger partial charge in [-0.15, -0.1) is 10.2 Å². The minimum atomic E-state index is -3.90. The van der Waals surface area contributed by atoms with Crippen molar-refractivity contribution in [3.05, 3.63) is 70.2 Å². The summed E-state index contributed by atoms with van der Waals surface area (Å²) < 4.78 is 27.9. The lowest BCUT2D eigenvalue weighted by Gasteiger charge is -2.16. The Hall–Kier alpha value is -2.33. The van der Waals surface area contributed by atoms with E-state index in [2.05, 4.69) is 20.2 Å². The van der Waals surface area contributed by atoms with Crippen LogP contribution in [0.15, 0.2) is 52.9 Å². The summed E-state index contributed by atoms with van der Waals surface area (Å²) in [5.41, 5.74) is 2.21. The molecule has 1 atom stereocenters. The number of nitrogens with zero attached hydrogens (tertiary/aromatic N) is 2. The van der Waals surface area contributed by atoms with E-state index in [1.807, 2.05) is 38.1 Å². The third kappa shape index (κ3) is 5.18. The Morgan fingerprint density at radius 2 is 1.83 bits per heavy atom. The van der Waals surface area contributed by atoms with Crippen LogP contribution in [0, 0.1) is 6.92 Å². The molecule has 2 aromatic carbocycles. The van der Waals surface area contributed by atoms with Crippen LogP contribution in [0.4, 0.5) is 5.13 Å². The van der Waals surface area contributed by atoms with Gasteiger partial charge in [0.2, 0.25) is 9.47 Å². The second kappa shape index (κ2) is 9.00. The van der Waals surface area contributed by atoms with Crippen LogP contribution in [0.25, 0.3) is 0 Å². The quantitative estimate of drug-likeness (QED) is 0.526. The number of amides is 1. The summed E-state index contributed by atoms with van der Waals surface area (Å²) in [5, 5.41) is 10.4. The Morgan fingerprint density at radius 1 is 1.14 bits per heavy atom. The van der Waals surface area contributed by atoms with Gasteiger partial charge in [-0.1, -0.05) is 71.8 Å². The fourth-order valence-corrected chi connectivity index (χ4v) is 5.04. The summed E-state index contributed by atoms with van der Waals surface area (Å²) >= 11 is 6.78. The number of carbonyl (C=O) groups is 1. The molecule has 152 valence electrons. The summed E-state index contributed by atoms with van der Waals surface area (Å²) in [6, 6.07) is 13.8. The number of benzene rings is 2. The number of rotatable bonds is 7. The number of aryl methyl sites for hydroxylation is 1. The molecule has 1 aromatic heterocycles. The van der Waals surface area contributed by atoms with Crippen molar-refractivity contribution in [2.75, 3.05) is 5.32 Å². The number of sulfonamides is 1. The lowest BCUT2D eigenvalue weighted by atomic mass is 10.0. The Kier molecular flexibility index (Phi) is 6.63. The molecule has 7 nitrogen and oxygen atoms in total. The van der Waals surface area contributed by atoms with Gasteiger partial charge in [0.15, 0.2) is 0 Å². The largest absolute Gasteiger partial charge is 0.296 e. The standard InChI is InChI=1S/C19H19ClN4O3S2/c1-3-16(13-10-8-12(2)9-11-13)24-29(26,27)19-23-22-18(28-19)21-17(25)14-6-4-5-7-15(14)20/h4-11,16,24H,3H2,1-2H3,(H,21,22,25)/t16-/m1/s1. The smallest absolute Gasteiger partial charge is 0.270 e. The Morgan fingerprint density at radius 3 is 2.48 bits per heavy atom. The van der Waals surface area contributed by atoms with E-state index in [0.29, 0.717) is 6.42 Å². The molecule has 0 radical (unpaired) electrons. The van der Waals surface area contributed by atoms with Crippen LogP contribution in [0.1, 0.15) is 40.9 Å². The average molecular weight is 451 g/mol. The number of hydrogen-bond donors (Lipinski definition) is 2. The number of nitrogens with one attached hydrogen (secondary N) is 2. The second-order valence-corrected chi connectivity index (χ2v) is 9.57. The van der Waals surface area contributed by atoms with Gasteiger partial charge in [0.1, 0.15) is 0 Å². The van der Waals surface area contributed by atoms with Gasteiger partial charge in [0.25, 0.3) is 15.9 Å². The minimum absolute atomic E-state index is 0.0682. The maximum atomic E-state index is 12.7. The number of anilines is 1. The molecule has 0 bridgehead atoms. The van der Waals surface area contributed by atoms with Gasteiger partial charge in [-0.2, -0.15) is 0 Å². The maximum Gasteiger partial charge on any atom is 0.270 e. The van der Waals surface area contributed by atoms with Crippen molar-refractivity contribution < 1.29 is 13.2 Å². The van der Waals surface area contributed by atoms with E-state index in [-0.39, 0.29) is 20.1 Å². The van der Waals surface area contributed by atoms with E-state index in [4.69, 9.17) is 11.6 Å². The molecule has 29 heavy (non-hydrogen) atoms. The van der Waals surface area contributed by atoms with Crippen LogP contribution in [0.3, 0.4) is 0 Å². The third-order valence-corrected chi connectivity index (χ3v) is 7.17. The molecule has 2 N–H and O–H groups in total. The molecule has 0 aliphatic heterocycles. The van der Waals surface area contributed by atoms with Crippen molar-refractivity contribution >= 4 is 44.0 Å². The third-order valence-electron chi connectivity index (χ3n) is 4.16. The van der Waals surface area contributed by atoms with Crippen molar-refractivity contribution in [1.29, 1.82) is 0 Å². The molecule has 0 saturated heterocycles. The summed E-state index contributed by atoms with van der Waals surface area (Å²) in [5.74, 6) is -0.491. The van der Waals surface area contributed by atoms with E-state index in [1.165, 1.54) is 0 Å². The van der Waals surface area contributed by atoms with E-state index in [9.17, 15) is 13.2 Å². The second-order valence-electron chi connectivity index (χ2n) is 6.30. The van der Waals surface area contributed by atoms with Gasteiger partial charge >= 0.3 is 0 Å². The Labute approximate surface area is 178 Å². The first kappa shape index (κ1) is 21.4. The molecule has 0 aliphatic carbocycles. The first-order valence-corrected chi connectivity index (χ1v) is 11.5. The summed E-state index contributed by atoms with van der Waals surface area (Å²) in [7, 11) is -3.90. The fourth-order valence-electron chi connectivity index (χ4n) is 2.60. The van der Waals surface area contributed by atoms with Crippen LogP contribution >= 0.6 is 22.9 Å². The monoisotopic (exact) mass is 450 g/mol. The van der Waals surface area contributed by atoms with Crippen LogP contribution in [0.2, 0.25) is 5.02 Å². The maximum absolute atomic E-state index is 12.7. The predicted octanol–water partition coefficient (Wildman–Crippen LogP) is 4.18. The van der Waals surface area contributed by atoms with Crippen LogP contribution in [-0.2, 0) is 10.0 Å².